The van der Waals surface area contributed by atoms with Crippen molar-refractivity contribution in [2.24, 2.45) is 0 Å². The molecule has 0 aliphatic heterocycles. The van der Waals surface area contributed by atoms with Crippen LogP contribution in [0.15, 0.2) is 48.5 Å². The lowest BCUT2D eigenvalue weighted by Crippen LogP contribution is -2.23. The quantitative estimate of drug-likeness (QED) is 0.626. The van der Waals surface area contributed by atoms with Gasteiger partial charge in [0.1, 0.15) is 0 Å². The zero-order chi connectivity index (χ0) is 16.7. The number of hydrogen-bond donors (Lipinski definition) is 3. The van der Waals surface area contributed by atoms with Gasteiger partial charge in [-0.15, -0.1) is 0 Å². The van der Waals surface area contributed by atoms with E-state index in [9.17, 15) is 9.59 Å². The van der Waals surface area contributed by atoms with Gasteiger partial charge in [-0.25, -0.2) is 0 Å². The predicted molar refractivity (Wildman–Crippen MR) is 101 cm³/mol. The van der Waals surface area contributed by atoms with Crippen LogP contribution in [0, 0.1) is 3.57 Å². The molecule has 23 heavy (non-hydrogen) atoms. The summed E-state index contributed by atoms with van der Waals surface area (Å²) in [5.74, 6) is -0.264. The van der Waals surface area contributed by atoms with E-state index >= 15 is 0 Å². The van der Waals surface area contributed by atoms with E-state index in [1.807, 2.05) is 31.2 Å². The largest absolute Gasteiger partial charge is 0.376 e. The number of hydrogen-bond acceptors (Lipinski definition) is 3. The first-order chi connectivity index (χ1) is 11.1. The first-order valence-corrected chi connectivity index (χ1v) is 8.34. The maximum atomic E-state index is 11.9. The number of rotatable bonds is 6. The Hall–Kier alpha value is -2.09. The molecule has 2 aromatic carbocycles. The smallest absolute Gasteiger partial charge is 0.251 e. The number of nitrogens with one attached hydrogen (secondary N) is 3. The van der Waals surface area contributed by atoms with Crippen molar-refractivity contribution in [3.05, 3.63) is 57.7 Å². The van der Waals surface area contributed by atoms with Crippen molar-refractivity contribution >= 4 is 45.8 Å². The highest BCUT2D eigenvalue weighted by Gasteiger charge is 2.05. The first-order valence-electron chi connectivity index (χ1n) is 7.26. The van der Waals surface area contributed by atoms with E-state index in [4.69, 9.17) is 0 Å². The van der Waals surface area contributed by atoms with Crippen LogP contribution in [0.1, 0.15) is 17.3 Å². The number of carbonyl (C=O) groups is 2. The van der Waals surface area contributed by atoms with Gasteiger partial charge in [-0.1, -0.05) is 0 Å². The summed E-state index contributed by atoms with van der Waals surface area (Å²) < 4.78 is 1.14. The Kier molecular flexibility index (Phi) is 6.40. The van der Waals surface area contributed by atoms with Gasteiger partial charge in [0.05, 0.1) is 6.54 Å². The third-order valence-corrected chi connectivity index (χ3v) is 3.78. The normalized spacial score (nSPS) is 10.0. The average Bonchev–Trinajstić information content (AvgIpc) is 2.55. The van der Waals surface area contributed by atoms with Gasteiger partial charge in [-0.3, -0.25) is 9.59 Å². The summed E-state index contributed by atoms with van der Waals surface area (Å²) in [5, 5.41) is 8.57. The van der Waals surface area contributed by atoms with Crippen LogP contribution < -0.4 is 16.0 Å². The molecule has 0 aromatic heterocycles. The Labute approximate surface area is 149 Å². The molecule has 0 saturated carbocycles. The lowest BCUT2D eigenvalue weighted by molar-refractivity contribution is -0.114. The van der Waals surface area contributed by atoms with Crippen molar-refractivity contribution in [3.63, 3.8) is 0 Å². The van der Waals surface area contributed by atoms with Crippen LogP contribution in [0.5, 0.6) is 0 Å². The van der Waals surface area contributed by atoms with E-state index in [0.29, 0.717) is 17.8 Å². The summed E-state index contributed by atoms with van der Waals surface area (Å²) in [6.07, 6.45) is 0. The molecular formula is C17H18IN3O2. The van der Waals surface area contributed by atoms with Gasteiger partial charge in [0, 0.05) is 27.1 Å². The number of halogens is 1. The van der Waals surface area contributed by atoms with E-state index in [2.05, 4.69) is 38.5 Å². The van der Waals surface area contributed by atoms with Crippen LogP contribution in [0.3, 0.4) is 0 Å². The Morgan fingerprint density at radius 3 is 2.17 bits per heavy atom. The summed E-state index contributed by atoms with van der Waals surface area (Å²) in [7, 11) is 0. The lowest BCUT2D eigenvalue weighted by Gasteiger charge is -2.08. The first kappa shape index (κ1) is 17.3. The van der Waals surface area contributed by atoms with Crippen molar-refractivity contribution in [3.8, 4) is 0 Å². The number of anilines is 2. The van der Waals surface area contributed by atoms with E-state index in [1.54, 1.807) is 24.3 Å². The van der Waals surface area contributed by atoms with Crippen LogP contribution in [-0.2, 0) is 4.79 Å². The number of carbonyl (C=O) groups excluding carboxylic acids is 2. The van der Waals surface area contributed by atoms with Crippen molar-refractivity contribution < 1.29 is 9.59 Å². The van der Waals surface area contributed by atoms with E-state index in [-0.39, 0.29) is 18.4 Å². The highest BCUT2D eigenvalue weighted by molar-refractivity contribution is 14.1. The fourth-order valence-electron chi connectivity index (χ4n) is 1.92. The van der Waals surface area contributed by atoms with Crippen LogP contribution in [0.4, 0.5) is 11.4 Å². The second-order valence-electron chi connectivity index (χ2n) is 4.85. The standard InChI is InChI=1S/C17H18IN3O2/c1-2-19-17(23)12-3-7-15(8-4-12)21-16(22)11-20-14-9-5-13(18)6-10-14/h3-10,20H,2,11H2,1H3,(H,19,23)(H,21,22). The molecule has 0 aliphatic carbocycles. The summed E-state index contributed by atoms with van der Waals surface area (Å²) in [6.45, 7) is 2.63. The maximum Gasteiger partial charge on any atom is 0.251 e. The molecule has 0 bridgehead atoms. The molecule has 2 rings (SSSR count). The second-order valence-corrected chi connectivity index (χ2v) is 6.09. The summed E-state index contributed by atoms with van der Waals surface area (Å²) >= 11 is 2.23. The van der Waals surface area contributed by atoms with Crippen molar-refractivity contribution in [2.75, 3.05) is 23.7 Å². The SMILES string of the molecule is CCNC(=O)c1ccc(NC(=O)CNc2ccc(I)cc2)cc1. The van der Waals surface area contributed by atoms with Gasteiger partial charge < -0.3 is 16.0 Å². The fourth-order valence-corrected chi connectivity index (χ4v) is 2.28. The molecule has 0 unspecified atom stereocenters. The van der Waals surface area contributed by atoms with Gasteiger partial charge in [0.25, 0.3) is 5.91 Å². The second kappa shape index (κ2) is 8.52. The molecule has 2 amide bonds. The highest BCUT2D eigenvalue weighted by Crippen LogP contribution is 2.12. The van der Waals surface area contributed by atoms with Crippen molar-refractivity contribution in [1.29, 1.82) is 0 Å². The van der Waals surface area contributed by atoms with Gasteiger partial charge >= 0.3 is 0 Å². The average molecular weight is 423 g/mol. The Morgan fingerprint density at radius 2 is 1.57 bits per heavy atom. The molecule has 5 nitrogen and oxygen atoms in total. The predicted octanol–water partition coefficient (Wildman–Crippen LogP) is 3.09. The molecule has 0 radical (unpaired) electrons. The monoisotopic (exact) mass is 423 g/mol. The molecule has 120 valence electrons. The van der Waals surface area contributed by atoms with Crippen molar-refractivity contribution in [2.45, 2.75) is 6.92 Å². The van der Waals surface area contributed by atoms with Crippen molar-refractivity contribution in [1.82, 2.24) is 5.32 Å². The highest BCUT2D eigenvalue weighted by atomic mass is 127. The summed E-state index contributed by atoms with van der Waals surface area (Å²) in [6, 6.07) is 14.6. The van der Waals surface area contributed by atoms with Gasteiger partial charge in [-0.2, -0.15) is 0 Å². The van der Waals surface area contributed by atoms with Crippen LogP contribution in [0.25, 0.3) is 0 Å². The number of benzene rings is 2. The minimum Gasteiger partial charge on any atom is -0.376 e. The van der Waals surface area contributed by atoms with Crippen LogP contribution >= 0.6 is 22.6 Å². The van der Waals surface area contributed by atoms with E-state index < -0.39 is 0 Å². The third kappa shape index (κ3) is 5.55. The van der Waals surface area contributed by atoms with Crippen LogP contribution in [-0.4, -0.2) is 24.9 Å². The number of amides is 2. The molecular weight excluding hydrogens is 405 g/mol. The molecule has 0 fully saturated rings. The minimum atomic E-state index is -0.144. The zero-order valence-corrected chi connectivity index (χ0v) is 14.9. The molecule has 0 saturated heterocycles. The Morgan fingerprint density at radius 1 is 0.957 bits per heavy atom. The fraction of sp³-hybridized carbons (Fsp3) is 0.176. The molecule has 0 heterocycles. The summed E-state index contributed by atoms with van der Waals surface area (Å²) in [4.78, 5) is 23.6. The molecule has 0 aliphatic rings. The Bertz CT molecular complexity index is 669. The van der Waals surface area contributed by atoms with E-state index in [1.165, 1.54) is 0 Å². The topological polar surface area (TPSA) is 70.2 Å². The third-order valence-electron chi connectivity index (χ3n) is 3.07. The molecule has 3 N–H and O–H groups in total. The molecule has 2 aromatic rings. The van der Waals surface area contributed by atoms with Crippen LogP contribution in [0.2, 0.25) is 0 Å². The Balaban J connectivity index is 1.85. The van der Waals surface area contributed by atoms with Gasteiger partial charge in [0.15, 0.2) is 0 Å². The van der Waals surface area contributed by atoms with E-state index in [0.717, 1.165) is 9.26 Å². The van der Waals surface area contributed by atoms with Gasteiger partial charge in [0.2, 0.25) is 5.91 Å². The lowest BCUT2D eigenvalue weighted by atomic mass is 10.2. The molecule has 0 spiro atoms. The maximum absolute atomic E-state index is 11.9. The summed E-state index contributed by atoms with van der Waals surface area (Å²) in [5.41, 5.74) is 2.13. The molecule has 6 heteroatoms. The van der Waals surface area contributed by atoms with Gasteiger partial charge in [-0.05, 0) is 78.0 Å². The zero-order valence-electron chi connectivity index (χ0n) is 12.7. The minimum absolute atomic E-state index is 0.120. The molecule has 0 atom stereocenters.